The summed E-state index contributed by atoms with van der Waals surface area (Å²) >= 11 is 0. The number of aromatic nitrogens is 3. The van der Waals surface area contributed by atoms with Gasteiger partial charge in [0.1, 0.15) is 0 Å². The molecule has 1 unspecified atom stereocenters. The first-order valence-electron chi connectivity index (χ1n) is 6.12. The zero-order valence-corrected chi connectivity index (χ0v) is 10.6. The van der Waals surface area contributed by atoms with Crippen LogP contribution in [0.2, 0.25) is 0 Å². The van der Waals surface area contributed by atoms with Crippen LogP contribution in [0, 0.1) is 6.92 Å². The molecular formula is C15H14N4. The summed E-state index contributed by atoms with van der Waals surface area (Å²) in [6.45, 7) is 2.01. The van der Waals surface area contributed by atoms with Crippen molar-refractivity contribution in [3.63, 3.8) is 0 Å². The normalized spacial score (nSPS) is 12.5. The number of nitrogens with two attached hydrogens (primary N) is 1. The lowest BCUT2D eigenvalue weighted by Gasteiger charge is -2.13. The molecule has 0 amide bonds. The second-order valence-electron chi connectivity index (χ2n) is 4.58. The number of fused-ring (bicyclic) bond motifs is 1. The van der Waals surface area contributed by atoms with Crippen molar-refractivity contribution in [2.75, 3.05) is 0 Å². The lowest BCUT2D eigenvalue weighted by atomic mass is 10.00. The summed E-state index contributed by atoms with van der Waals surface area (Å²) in [7, 11) is 0. The monoisotopic (exact) mass is 250 g/mol. The van der Waals surface area contributed by atoms with Crippen LogP contribution in [0.3, 0.4) is 0 Å². The van der Waals surface area contributed by atoms with Gasteiger partial charge in [-0.2, -0.15) is 0 Å². The van der Waals surface area contributed by atoms with Gasteiger partial charge in [-0.25, -0.2) is 0 Å². The van der Waals surface area contributed by atoms with Crippen LogP contribution in [-0.2, 0) is 0 Å². The van der Waals surface area contributed by atoms with Gasteiger partial charge in [0.15, 0.2) is 0 Å². The first-order chi connectivity index (χ1) is 9.24. The average molecular weight is 250 g/mol. The fourth-order valence-corrected chi connectivity index (χ4v) is 2.11. The SMILES string of the molecule is Cc1cncc(C(N)c2ccc3nccnc3c2)c1. The predicted octanol–water partition coefficient (Wildman–Crippen LogP) is 2.38. The smallest absolute Gasteiger partial charge is 0.0890 e. The third kappa shape index (κ3) is 2.30. The Morgan fingerprint density at radius 2 is 1.74 bits per heavy atom. The van der Waals surface area contributed by atoms with Gasteiger partial charge >= 0.3 is 0 Å². The van der Waals surface area contributed by atoms with Crippen molar-refractivity contribution in [3.8, 4) is 0 Å². The standard InChI is InChI=1S/C15H14N4/c1-10-6-12(9-17-8-10)15(16)11-2-3-13-14(7-11)19-5-4-18-13/h2-9,15H,16H2,1H3. The van der Waals surface area contributed by atoms with E-state index in [0.29, 0.717) is 0 Å². The van der Waals surface area contributed by atoms with E-state index in [-0.39, 0.29) is 6.04 Å². The summed E-state index contributed by atoms with van der Waals surface area (Å²) in [5.41, 5.74) is 11.1. The van der Waals surface area contributed by atoms with Crippen LogP contribution < -0.4 is 5.73 Å². The van der Waals surface area contributed by atoms with Crippen LogP contribution in [0.1, 0.15) is 22.7 Å². The molecule has 0 aliphatic rings. The minimum Gasteiger partial charge on any atom is -0.320 e. The van der Waals surface area contributed by atoms with Gasteiger partial charge in [0, 0.05) is 24.8 Å². The number of pyridine rings is 1. The lowest BCUT2D eigenvalue weighted by molar-refractivity contribution is 0.861. The number of nitrogens with zero attached hydrogens (tertiary/aromatic N) is 3. The van der Waals surface area contributed by atoms with E-state index in [1.54, 1.807) is 18.6 Å². The molecule has 2 aromatic heterocycles. The van der Waals surface area contributed by atoms with Gasteiger partial charge in [-0.15, -0.1) is 0 Å². The van der Waals surface area contributed by atoms with Gasteiger partial charge < -0.3 is 5.73 Å². The number of aryl methyl sites for hydroxylation is 1. The van der Waals surface area contributed by atoms with Crippen molar-refractivity contribution in [2.45, 2.75) is 13.0 Å². The summed E-state index contributed by atoms with van der Waals surface area (Å²) in [6.07, 6.45) is 7.00. The zero-order valence-electron chi connectivity index (χ0n) is 10.6. The molecule has 0 saturated carbocycles. The number of hydrogen-bond donors (Lipinski definition) is 1. The highest BCUT2D eigenvalue weighted by Crippen LogP contribution is 2.22. The largest absolute Gasteiger partial charge is 0.320 e. The Morgan fingerprint density at radius 3 is 2.53 bits per heavy atom. The van der Waals surface area contributed by atoms with Crippen molar-refractivity contribution >= 4 is 11.0 Å². The molecule has 2 N–H and O–H groups in total. The highest BCUT2D eigenvalue weighted by atomic mass is 14.8. The minimum absolute atomic E-state index is 0.196. The number of benzene rings is 1. The maximum absolute atomic E-state index is 6.29. The molecule has 94 valence electrons. The molecule has 4 nitrogen and oxygen atoms in total. The van der Waals surface area contributed by atoms with Gasteiger partial charge in [-0.1, -0.05) is 12.1 Å². The molecule has 0 radical (unpaired) electrons. The molecule has 2 heterocycles. The third-order valence-corrected chi connectivity index (χ3v) is 3.11. The topological polar surface area (TPSA) is 64.7 Å². The molecule has 0 spiro atoms. The van der Waals surface area contributed by atoms with Gasteiger partial charge in [0.25, 0.3) is 0 Å². The van der Waals surface area contributed by atoms with Crippen molar-refractivity contribution in [2.24, 2.45) is 5.73 Å². The van der Waals surface area contributed by atoms with Crippen molar-refractivity contribution in [3.05, 3.63) is 65.7 Å². The van der Waals surface area contributed by atoms with E-state index in [1.165, 1.54) is 0 Å². The van der Waals surface area contributed by atoms with Crippen molar-refractivity contribution in [1.82, 2.24) is 15.0 Å². The molecule has 1 aromatic carbocycles. The van der Waals surface area contributed by atoms with Gasteiger partial charge in [0.05, 0.1) is 17.1 Å². The summed E-state index contributed by atoms with van der Waals surface area (Å²) in [5.74, 6) is 0. The van der Waals surface area contributed by atoms with E-state index in [2.05, 4.69) is 21.0 Å². The molecule has 3 aromatic rings. The molecule has 0 aliphatic carbocycles. The lowest BCUT2D eigenvalue weighted by Crippen LogP contribution is -2.12. The summed E-state index contributed by atoms with van der Waals surface area (Å²) in [4.78, 5) is 12.7. The molecule has 0 fully saturated rings. The maximum Gasteiger partial charge on any atom is 0.0890 e. The number of rotatable bonds is 2. The molecule has 0 saturated heterocycles. The summed E-state index contributed by atoms with van der Waals surface area (Å²) < 4.78 is 0. The van der Waals surface area contributed by atoms with E-state index in [4.69, 9.17) is 5.73 Å². The predicted molar refractivity (Wildman–Crippen MR) is 74.5 cm³/mol. The molecule has 3 rings (SSSR count). The highest BCUT2D eigenvalue weighted by molar-refractivity contribution is 5.74. The first kappa shape index (κ1) is 11.7. The van der Waals surface area contributed by atoms with E-state index >= 15 is 0 Å². The van der Waals surface area contributed by atoms with Crippen molar-refractivity contribution < 1.29 is 0 Å². The second-order valence-corrected chi connectivity index (χ2v) is 4.58. The van der Waals surface area contributed by atoms with E-state index in [1.807, 2.05) is 31.3 Å². The summed E-state index contributed by atoms with van der Waals surface area (Å²) in [6, 6.07) is 7.78. The van der Waals surface area contributed by atoms with Crippen LogP contribution in [0.5, 0.6) is 0 Å². The van der Waals surface area contributed by atoms with Crippen molar-refractivity contribution in [1.29, 1.82) is 0 Å². The molecule has 4 heteroatoms. The van der Waals surface area contributed by atoms with Gasteiger partial charge in [-0.05, 0) is 35.7 Å². The molecule has 0 bridgehead atoms. The van der Waals surface area contributed by atoms with Crippen LogP contribution in [0.4, 0.5) is 0 Å². The molecule has 1 atom stereocenters. The Kier molecular flexibility index (Phi) is 2.93. The van der Waals surface area contributed by atoms with E-state index in [9.17, 15) is 0 Å². The number of hydrogen-bond acceptors (Lipinski definition) is 4. The van der Waals surface area contributed by atoms with Crippen LogP contribution in [0.15, 0.2) is 49.1 Å². The first-order valence-corrected chi connectivity index (χ1v) is 6.12. The quantitative estimate of drug-likeness (QED) is 0.758. The molecule has 0 aliphatic heterocycles. The molecule has 19 heavy (non-hydrogen) atoms. The Bertz CT molecular complexity index is 724. The highest BCUT2D eigenvalue weighted by Gasteiger charge is 2.10. The Balaban J connectivity index is 2.04. The van der Waals surface area contributed by atoms with E-state index in [0.717, 1.165) is 27.7 Å². The Labute approximate surface area is 111 Å². The second kappa shape index (κ2) is 4.74. The fourth-order valence-electron chi connectivity index (χ4n) is 2.11. The van der Waals surface area contributed by atoms with E-state index < -0.39 is 0 Å². The maximum atomic E-state index is 6.29. The van der Waals surface area contributed by atoms with Crippen LogP contribution >= 0.6 is 0 Å². The van der Waals surface area contributed by atoms with Gasteiger partial charge in [0.2, 0.25) is 0 Å². The van der Waals surface area contributed by atoms with Gasteiger partial charge in [-0.3, -0.25) is 15.0 Å². The zero-order chi connectivity index (χ0) is 13.2. The third-order valence-electron chi connectivity index (χ3n) is 3.11. The minimum atomic E-state index is -0.196. The van der Waals surface area contributed by atoms with Crippen LogP contribution in [-0.4, -0.2) is 15.0 Å². The Morgan fingerprint density at radius 1 is 0.947 bits per heavy atom. The Hall–Kier alpha value is -2.33. The van der Waals surface area contributed by atoms with Crippen LogP contribution in [0.25, 0.3) is 11.0 Å². The summed E-state index contributed by atoms with van der Waals surface area (Å²) in [5, 5.41) is 0. The average Bonchev–Trinajstić information content (AvgIpc) is 2.46. The fraction of sp³-hybridized carbons (Fsp3) is 0.133. The molecular weight excluding hydrogens is 236 g/mol.